The first-order valence-corrected chi connectivity index (χ1v) is 12.2. The predicted molar refractivity (Wildman–Crippen MR) is 129 cm³/mol. The molecule has 5 rings (SSSR count). The molecule has 2 aliphatic carbocycles. The van der Waals surface area contributed by atoms with Gasteiger partial charge in [-0.3, -0.25) is 4.79 Å². The van der Waals surface area contributed by atoms with Crippen LogP contribution in [0.3, 0.4) is 0 Å². The van der Waals surface area contributed by atoms with Crippen LogP contribution in [0.15, 0.2) is 63.6 Å². The van der Waals surface area contributed by atoms with Gasteiger partial charge in [-0.15, -0.1) is 0 Å². The maximum atomic E-state index is 13.6. The summed E-state index contributed by atoms with van der Waals surface area (Å²) in [6.45, 7) is 1.88. The fraction of sp³-hybridized carbons (Fsp3) is 0.429. The summed E-state index contributed by atoms with van der Waals surface area (Å²) in [7, 11) is 3.15. The Morgan fingerprint density at radius 1 is 1.06 bits per heavy atom. The van der Waals surface area contributed by atoms with Crippen molar-refractivity contribution >= 4 is 11.8 Å². The summed E-state index contributed by atoms with van der Waals surface area (Å²) in [5, 5.41) is 3.39. The normalized spacial score (nSPS) is 22.7. The lowest BCUT2D eigenvalue weighted by molar-refractivity contribution is -0.144. The molecule has 1 aromatic carbocycles. The molecular formula is C28H31NO6. The number of nitrogens with one attached hydrogen (secondary N) is 1. The van der Waals surface area contributed by atoms with Gasteiger partial charge in [0.25, 0.3) is 0 Å². The minimum absolute atomic E-state index is 0.00130. The largest absolute Gasteiger partial charge is 0.493 e. The lowest BCUT2D eigenvalue weighted by Gasteiger charge is -2.36. The fourth-order valence-electron chi connectivity index (χ4n) is 5.62. The third-order valence-corrected chi connectivity index (χ3v) is 7.31. The highest BCUT2D eigenvalue weighted by atomic mass is 16.5. The standard InChI is InChI=1S/C28H31NO6/c1-16-25(28(31)35-19-7-4-5-8-19)26(17-10-11-23(32-2)24(15-17)33-3)27-20(29-16)13-18(14-21(27)30)22-9-6-12-34-22/h6,9-12,15,18-19,26,29H,4-5,7-8,13-14H2,1-3H3/t18-,26-/m1/s1. The van der Waals surface area contributed by atoms with Gasteiger partial charge < -0.3 is 23.9 Å². The molecule has 1 aliphatic heterocycles. The second-order valence-corrected chi connectivity index (χ2v) is 9.46. The van der Waals surface area contributed by atoms with Gasteiger partial charge in [0.2, 0.25) is 0 Å². The Labute approximate surface area is 205 Å². The van der Waals surface area contributed by atoms with E-state index in [1.165, 1.54) is 0 Å². The number of allylic oxidation sites excluding steroid dienone is 3. The summed E-state index contributed by atoms with van der Waals surface area (Å²) in [5.74, 6) is 0.960. The van der Waals surface area contributed by atoms with E-state index < -0.39 is 5.92 Å². The second kappa shape index (κ2) is 9.64. The summed E-state index contributed by atoms with van der Waals surface area (Å²) < 4.78 is 22.5. The smallest absolute Gasteiger partial charge is 0.337 e. The number of hydrogen-bond donors (Lipinski definition) is 1. The number of rotatable bonds is 6. The highest BCUT2D eigenvalue weighted by Gasteiger charge is 2.42. The molecule has 2 heterocycles. The average molecular weight is 478 g/mol. The number of carbonyl (C=O) groups excluding carboxylic acids is 2. The molecule has 1 N–H and O–H groups in total. The van der Waals surface area contributed by atoms with E-state index in [4.69, 9.17) is 18.6 Å². The Morgan fingerprint density at radius 3 is 2.51 bits per heavy atom. The molecule has 7 heteroatoms. The third kappa shape index (κ3) is 4.35. The van der Waals surface area contributed by atoms with Crippen molar-refractivity contribution in [2.45, 2.75) is 63.4 Å². The Kier molecular flexibility index (Phi) is 6.41. The lowest BCUT2D eigenvalue weighted by atomic mass is 9.72. The number of benzene rings is 1. The van der Waals surface area contributed by atoms with Crippen LogP contribution >= 0.6 is 0 Å². The first-order valence-electron chi connectivity index (χ1n) is 12.2. The summed E-state index contributed by atoms with van der Waals surface area (Å²) in [5.41, 5.74) is 3.42. The van der Waals surface area contributed by atoms with Crippen molar-refractivity contribution in [3.05, 3.63) is 70.5 Å². The maximum Gasteiger partial charge on any atom is 0.337 e. The molecule has 3 aliphatic rings. The Balaban J connectivity index is 1.58. The second-order valence-electron chi connectivity index (χ2n) is 9.46. The number of dihydropyridines is 1. The van der Waals surface area contributed by atoms with Gasteiger partial charge in [0.05, 0.1) is 26.1 Å². The molecule has 0 saturated heterocycles. The van der Waals surface area contributed by atoms with Crippen LogP contribution in [0, 0.1) is 0 Å². The van der Waals surface area contributed by atoms with Gasteiger partial charge in [-0.25, -0.2) is 4.79 Å². The fourth-order valence-corrected chi connectivity index (χ4v) is 5.62. The van der Waals surface area contributed by atoms with Crippen molar-refractivity contribution in [2.75, 3.05) is 14.2 Å². The predicted octanol–water partition coefficient (Wildman–Crippen LogP) is 5.14. The van der Waals surface area contributed by atoms with Crippen molar-refractivity contribution in [3.63, 3.8) is 0 Å². The van der Waals surface area contributed by atoms with Crippen molar-refractivity contribution in [1.82, 2.24) is 5.32 Å². The van der Waals surface area contributed by atoms with Crippen LogP contribution in [0.5, 0.6) is 11.5 Å². The highest BCUT2D eigenvalue weighted by molar-refractivity contribution is 6.04. The molecule has 1 saturated carbocycles. The minimum Gasteiger partial charge on any atom is -0.493 e. The molecule has 1 fully saturated rings. The molecule has 184 valence electrons. The van der Waals surface area contributed by atoms with Gasteiger partial charge >= 0.3 is 5.97 Å². The van der Waals surface area contributed by atoms with E-state index in [1.807, 2.05) is 37.3 Å². The quantitative estimate of drug-likeness (QED) is 0.576. The van der Waals surface area contributed by atoms with E-state index in [1.54, 1.807) is 20.5 Å². The average Bonchev–Trinajstić information content (AvgIpc) is 3.57. The van der Waals surface area contributed by atoms with Crippen LogP contribution in [-0.2, 0) is 14.3 Å². The number of Topliss-reactive ketones (excluding diaryl/α,β-unsaturated/α-hetero) is 1. The zero-order valence-electron chi connectivity index (χ0n) is 20.4. The highest BCUT2D eigenvalue weighted by Crippen LogP contribution is 2.47. The minimum atomic E-state index is -0.551. The van der Waals surface area contributed by atoms with Gasteiger partial charge in [0, 0.05) is 35.2 Å². The number of furan rings is 1. The van der Waals surface area contributed by atoms with E-state index in [0.717, 1.165) is 42.7 Å². The van der Waals surface area contributed by atoms with Crippen LogP contribution in [0.25, 0.3) is 0 Å². The van der Waals surface area contributed by atoms with Gasteiger partial charge in [0.15, 0.2) is 17.3 Å². The molecule has 35 heavy (non-hydrogen) atoms. The topological polar surface area (TPSA) is 87.0 Å². The number of ether oxygens (including phenoxy) is 3. The molecule has 1 aromatic heterocycles. The first kappa shape index (κ1) is 23.3. The van der Waals surface area contributed by atoms with Crippen LogP contribution < -0.4 is 14.8 Å². The van der Waals surface area contributed by atoms with E-state index in [-0.39, 0.29) is 23.8 Å². The molecule has 7 nitrogen and oxygen atoms in total. The third-order valence-electron chi connectivity index (χ3n) is 7.31. The monoisotopic (exact) mass is 477 g/mol. The molecule has 0 spiro atoms. The molecule has 2 aromatic rings. The Bertz CT molecular complexity index is 1190. The Morgan fingerprint density at radius 2 is 1.83 bits per heavy atom. The van der Waals surface area contributed by atoms with Crippen molar-refractivity contribution in [3.8, 4) is 11.5 Å². The van der Waals surface area contributed by atoms with Crippen LogP contribution in [-0.4, -0.2) is 32.1 Å². The molecular weight excluding hydrogens is 446 g/mol. The number of ketones is 1. The zero-order valence-corrected chi connectivity index (χ0v) is 20.4. The number of esters is 1. The van der Waals surface area contributed by atoms with Crippen LogP contribution in [0.2, 0.25) is 0 Å². The van der Waals surface area contributed by atoms with Gasteiger partial charge in [-0.1, -0.05) is 6.07 Å². The Hall–Kier alpha value is -3.48. The molecule has 0 bridgehead atoms. The summed E-state index contributed by atoms with van der Waals surface area (Å²) in [4.78, 5) is 27.2. The van der Waals surface area contributed by atoms with Crippen molar-refractivity contribution < 1.29 is 28.2 Å². The molecule has 0 radical (unpaired) electrons. The van der Waals surface area contributed by atoms with Crippen LogP contribution in [0.1, 0.15) is 68.6 Å². The zero-order chi connectivity index (χ0) is 24.5. The van der Waals surface area contributed by atoms with Crippen molar-refractivity contribution in [2.24, 2.45) is 0 Å². The number of carbonyl (C=O) groups is 2. The lowest BCUT2D eigenvalue weighted by Crippen LogP contribution is -2.36. The summed E-state index contributed by atoms with van der Waals surface area (Å²) >= 11 is 0. The number of methoxy groups -OCH3 is 2. The molecule has 0 unspecified atom stereocenters. The van der Waals surface area contributed by atoms with Crippen molar-refractivity contribution in [1.29, 1.82) is 0 Å². The van der Waals surface area contributed by atoms with E-state index >= 15 is 0 Å². The first-order chi connectivity index (χ1) is 17.0. The summed E-state index contributed by atoms with van der Waals surface area (Å²) in [6.07, 6.45) is 6.39. The van der Waals surface area contributed by atoms with Crippen LogP contribution in [0.4, 0.5) is 0 Å². The summed E-state index contributed by atoms with van der Waals surface area (Å²) in [6, 6.07) is 9.30. The van der Waals surface area contributed by atoms with E-state index in [2.05, 4.69) is 5.32 Å². The number of hydrogen-bond acceptors (Lipinski definition) is 7. The van der Waals surface area contributed by atoms with Gasteiger partial charge in [-0.2, -0.15) is 0 Å². The van der Waals surface area contributed by atoms with E-state index in [0.29, 0.717) is 41.2 Å². The van der Waals surface area contributed by atoms with Gasteiger partial charge in [-0.05, 0) is 68.9 Å². The SMILES string of the molecule is COc1ccc([C@@H]2C(C(=O)OC3CCCC3)=C(C)NC3=C2C(=O)C[C@H](c2ccco2)C3)cc1OC. The van der Waals surface area contributed by atoms with E-state index in [9.17, 15) is 9.59 Å². The molecule has 2 atom stereocenters. The maximum absolute atomic E-state index is 13.6. The van der Waals surface area contributed by atoms with Gasteiger partial charge in [0.1, 0.15) is 11.9 Å². The molecule has 0 amide bonds.